The van der Waals surface area contributed by atoms with Crippen molar-refractivity contribution < 1.29 is 13.5 Å². The molecular formula is C10H11N3O3S. The first-order valence-corrected chi connectivity index (χ1v) is 6.52. The van der Waals surface area contributed by atoms with Gasteiger partial charge in [-0.2, -0.15) is 9.57 Å². The van der Waals surface area contributed by atoms with Gasteiger partial charge in [0.05, 0.1) is 6.10 Å². The molecule has 90 valence electrons. The lowest BCUT2D eigenvalue weighted by Crippen LogP contribution is -2.29. The Labute approximate surface area is 99.2 Å². The van der Waals surface area contributed by atoms with E-state index in [-0.39, 0.29) is 17.1 Å². The lowest BCUT2D eigenvalue weighted by molar-refractivity contribution is 0.189. The van der Waals surface area contributed by atoms with Gasteiger partial charge >= 0.3 is 0 Å². The quantitative estimate of drug-likeness (QED) is 0.781. The van der Waals surface area contributed by atoms with Gasteiger partial charge < -0.3 is 5.11 Å². The van der Waals surface area contributed by atoms with Crippen LogP contribution in [0.2, 0.25) is 0 Å². The summed E-state index contributed by atoms with van der Waals surface area (Å²) in [6, 6.07) is 4.54. The molecule has 0 radical (unpaired) electrons. The van der Waals surface area contributed by atoms with Crippen molar-refractivity contribution in [3.05, 3.63) is 24.0 Å². The lowest BCUT2D eigenvalue weighted by atomic mass is 10.3. The molecule has 2 rings (SSSR count). The van der Waals surface area contributed by atoms with Crippen molar-refractivity contribution in [2.24, 2.45) is 0 Å². The molecule has 0 unspecified atom stereocenters. The molecule has 1 aliphatic rings. The van der Waals surface area contributed by atoms with E-state index in [4.69, 9.17) is 5.26 Å². The van der Waals surface area contributed by atoms with E-state index >= 15 is 0 Å². The zero-order chi connectivity index (χ0) is 12.5. The number of pyridine rings is 1. The number of hydrogen-bond donors (Lipinski definition) is 1. The summed E-state index contributed by atoms with van der Waals surface area (Å²) in [7, 11) is -3.60. The fourth-order valence-electron chi connectivity index (χ4n) is 1.68. The van der Waals surface area contributed by atoms with Gasteiger partial charge in [-0.15, -0.1) is 0 Å². The second-order valence-electron chi connectivity index (χ2n) is 3.80. The van der Waals surface area contributed by atoms with E-state index in [0.29, 0.717) is 13.0 Å². The predicted molar refractivity (Wildman–Crippen MR) is 58.3 cm³/mol. The fourth-order valence-corrected chi connectivity index (χ4v) is 3.12. The Morgan fingerprint density at radius 3 is 2.76 bits per heavy atom. The Kier molecular flexibility index (Phi) is 3.11. The zero-order valence-electron chi connectivity index (χ0n) is 8.94. The van der Waals surface area contributed by atoms with Crippen LogP contribution >= 0.6 is 0 Å². The highest BCUT2D eigenvalue weighted by Gasteiger charge is 2.31. The minimum atomic E-state index is -3.60. The van der Waals surface area contributed by atoms with Gasteiger partial charge in [0.25, 0.3) is 0 Å². The van der Waals surface area contributed by atoms with E-state index in [1.54, 1.807) is 0 Å². The molecule has 1 saturated heterocycles. The average Bonchev–Trinajstić information content (AvgIpc) is 2.77. The number of sulfonamides is 1. The summed E-state index contributed by atoms with van der Waals surface area (Å²) in [6.07, 6.45) is 1.01. The summed E-state index contributed by atoms with van der Waals surface area (Å²) in [5.41, 5.74) is 0.172. The number of nitrogens with zero attached hydrogens (tertiary/aromatic N) is 3. The highest BCUT2D eigenvalue weighted by atomic mass is 32.2. The highest BCUT2D eigenvalue weighted by molar-refractivity contribution is 7.89. The van der Waals surface area contributed by atoms with Crippen molar-refractivity contribution in [2.45, 2.75) is 17.4 Å². The molecule has 0 saturated carbocycles. The van der Waals surface area contributed by atoms with Gasteiger partial charge in [0, 0.05) is 19.3 Å². The molecule has 7 heteroatoms. The van der Waals surface area contributed by atoms with Crippen LogP contribution in [0.3, 0.4) is 0 Å². The van der Waals surface area contributed by atoms with Crippen LogP contribution in [-0.2, 0) is 10.0 Å². The molecule has 0 bridgehead atoms. The Morgan fingerprint density at radius 2 is 2.29 bits per heavy atom. The molecule has 1 N–H and O–H groups in total. The largest absolute Gasteiger partial charge is 0.392 e. The van der Waals surface area contributed by atoms with Gasteiger partial charge in [0.15, 0.2) is 0 Å². The smallest absolute Gasteiger partial charge is 0.244 e. The monoisotopic (exact) mass is 253 g/mol. The van der Waals surface area contributed by atoms with Crippen molar-refractivity contribution in [3.63, 3.8) is 0 Å². The van der Waals surface area contributed by atoms with Crippen LogP contribution in [0.4, 0.5) is 0 Å². The Morgan fingerprint density at radius 1 is 1.53 bits per heavy atom. The topological polar surface area (TPSA) is 94.3 Å². The fraction of sp³-hybridized carbons (Fsp3) is 0.400. The Bertz CT molecular complexity index is 547. The second kappa shape index (κ2) is 4.41. The number of aromatic nitrogens is 1. The van der Waals surface area contributed by atoms with Crippen LogP contribution in [0.1, 0.15) is 12.1 Å². The number of nitriles is 1. The van der Waals surface area contributed by atoms with Gasteiger partial charge in [-0.25, -0.2) is 13.4 Å². The summed E-state index contributed by atoms with van der Waals surface area (Å²) in [6.45, 7) is 0.422. The van der Waals surface area contributed by atoms with E-state index in [0.717, 1.165) is 0 Å². The first-order valence-electron chi connectivity index (χ1n) is 5.08. The summed E-state index contributed by atoms with van der Waals surface area (Å²) in [5.74, 6) is 0. The highest BCUT2D eigenvalue weighted by Crippen LogP contribution is 2.20. The molecular weight excluding hydrogens is 242 g/mol. The first kappa shape index (κ1) is 12.0. The molecule has 0 aliphatic carbocycles. The minimum Gasteiger partial charge on any atom is -0.392 e. The molecule has 2 heterocycles. The van der Waals surface area contributed by atoms with Gasteiger partial charge in [0.2, 0.25) is 10.0 Å². The third-order valence-corrected chi connectivity index (χ3v) is 4.46. The van der Waals surface area contributed by atoms with E-state index in [2.05, 4.69) is 4.98 Å². The van der Waals surface area contributed by atoms with Crippen molar-refractivity contribution in [2.75, 3.05) is 13.1 Å². The summed E-state index contributed by atoms with van der Waals surface area (Å²) in [4.78, 5) is 3.77. The normalized spacial score (nSPS) is 21.3. The van der Waals surface area contributed by atoms with Crippen LogP contribution in [0, 0.1) is 11.3 Å². The molecule has 1 fully saturated rings. The maximum absolute atomic E-state index is 12.1. The van der Waals surface area contributed by atoms with Crippen molar-refractivity contribution in [1.82, 2.24) is 9.29 Å². The van der Waals surface area contributed by atoms with E-state index in [1.807, 2.05) is 6.07 Å². The third kappa shape index (κ3) is 2.29. The maximum atomic E-state index is 12.1. The van der Waals surface area contributed by atoms with E-state index in [1.165, 1.54) is 22.6 Å². The second-order valence-corrected chi connectivity index (χ2v) is 5.73. The molecule has 1 aromatic rings. The SMILES string of the molecule is N#Cc1ccc(S(=O)(=O)N2CC[C@@H](O)C2)cn1. The van der Waals surface area contributed by atoms with Crippen molar-refractivity contribution in [3.8, 4) is 6.07 Å². The maximum Gasteiger partial charge on any atom is 0.244 e. The number of aliphatic hydroxyl groups excluding tert-OH is 1. The lowest BCUT2D eigenvalue weighted by Gasteiger charge is -2.15. The average molecular weight is 253 g/mol. The summed E-state index contributed by atoms with van der Waals surface area (Å²) >= 11 is 0. The van der Waals surface area contributed by atoms with Crippen LogP contribution in [-0.4, -0.2) is 42.0 Å². The Hall–Kier alpha value is -1.49. The molecule has 1 aromatic heterocycles. The summed E-state index contributed by atoms with van der Waals surface area (Å²) < 4.78 is 25.4. The van der Waals surface area contributed by atoms with Crippen LogP contribution in [0.25, 0.3) is 0 Å². The molecule has 0 aromatic carbocycles. The number of β-amino-alcohol motifs (C(OH)–C–C–N with tert-alkyl or cyclic N) is 1. The van der Waals surface area contributed by atoms with Crippen LogP contribution in [0.15, 0.2) is 23.2 Å². The van der Waals surface area contributed by atoms with Crippen molar-refractivity contribution >= 4 is 10.0 Å². The standard InChI is InChI=1S/C10H11N3O3S/c11-5-8-1-2-10(6-12-8)17(15,16)13-4-3-9(14)7-13/h1-2,6,9,14H,3-4,7H2/t9-/m1/s1. The van der Waals surface area contributed by atoms with Gasteiger partial charge in [-0.3, -0.25) is 0 Å². The zero-order valence-corrected chi connectivity index (χ0v) is 9.76. The van der Waals surface area contributed by atoms with E-state index < -0.39 is 16.1 Å². The molecule has 1 atom stereocenters. The molecule has 0 spiro atoms. The first-order chi connectivity index (χ1) is 8.04. The summed E-state index contributed by atoms with van der Waals surface area (Å²) in [5, 5.41) is 17.9. The molecule has 6 nitrogen and oxygen atoms in total. The molecule has 0 amide bonds. The minimum absolute atomic E-state index is 0.0469. The van der Waals surface area contributed by atoms with Gasteiger partial charge in [-0.05, 0) is 18.6 Å². The number of hydrogen-bond acceptors (Lipinski definition) is 5. The van der Waals surface area contributed by atoms with Crippen LogP contribution < -0.4 is 0 Å². The van der Waals surface area contributed by atoms with Gasteiger partial charge in [-0.1, -0.05) is 0 Å². The van der Waals surface area contributed by atoms with E-state index in [9.17, 15) is 13.5 Å². The molecule has 17 heavy (non-hydrogen) atoms. The number of aliphatic hydroxyl groups is 1. The predicted octanol–water partition coefficient (Wildman–Crippen LogP) is -0.291. The van der Waals surface area contributed by atoms with Crippen molar-refractivity contribution in [1.29, 1.82) is 5.26 Å². The molecule has 1 aliphatic heterocycles. The third-order valence-electron chi connectivity index (χ3n) is 2.61. The van der Waals surface area contributed by atoms with Crippen LogP contribution in [0.5, 0.6) is 0 Å². The number of rotatable bonds is 2. The van der Waals surface area contributed by atoms with Gasteiger partial charge in [0.1, 0.15) is 16.7 Å². The Balaban J connectivity index is 2.29.